The van der Waals surface area contributed by atoms with Crippen molar-refractivity contribution < 1.29 is 4.79 Å². The molecule has 0 saturated carbocycles. The van der Waals surface area contributed by atoms with Crippen LogP contribution in [0.25, 0.3) is 28.2 Å². The molecular weight excluding hydrogens is 432 g/mol. The van der Waals surface area contributed by atoms with Crippen LogP contribution in [0.4, 0.5) is 0 Å². The molecular formula is C30H26N4O. The number of hydrazone groups is 1. The lowest BCUT2D eigenvalue weighted by atomic mass is 10.1. The second kappa shape index (κ2) is 10.1. The summed E-state index contributed by atoms with van der Waals surface area (Å²) in [5, 5.41) is 4.13. The van der Waals surface area contributed by atoms with E-state index in [1.807, 2.05) is 79.0 Å². The highest BCUT2D eigenvalue weighted by Gasteiger charge is 2.14. The molecule has 0 aliphatic heterocycles. The van der Waals surface area contributed by atoms with E-state index < -0.39 is 0 Å². The molecule has 0 fully saturated rings. The lowest BCUT2D eigenvalue weighted by Gasteiger charge is -2.15. The third kappa shape index (κ3) is 4.70. The van der Waals surface area contributed by atoms with Gasteiger partial charge in [0.1, 0.15) is 0 Å². The topological polar surface area (TPSA) is 51.3 Å². The van der Waals surface area contributed by atoms with E-state index in [0.29, 0.717) is 5.56 Å². The van der Waals surface area contributed by atoms with E-state index in [1.165, 1.54) is 0 Å². The molecule has 0 radical (unpaired) electrons. The molecule has 0 atom stereocenters. The number of rotatable bonds is 7. The Morgan fingerprint density at radius 1 is 0.771 bits per heavy atom. The number of benzene rings is 3. The van der Waals surface area contributed by atoms with Crippen molar-refractivity contribution in [2.45, 2.75) is 13.5 Å². The molecule has 0 saturated heterocycles. The summed E-state index contributed by atoms with van der Waals surface area (Å²) in [4.78, 5) is 12.7. The van der Waals surface area contributed by atoms with E-state index in [1.54, 1.807) is 6.21 Å². The Hall–Kier alpha value is -4.64. The van der Waals surface area contributed by atoms with Gasteiger partial charge in [0.15, 0.2) is 0 Å². The Balaban J connectivity index is 1.43. The van der Waals surface area contributed by atoms with E-state index in [2.05, 4.69) is 63.0 Å². The van der Waals surface area contributed by atoms with Crippen molar-refractivity contribution in [2.75, 3.05) is 0 Å². The van der Waals surface area contributed by atoms with Crippen LogP contribution in [0, 0.1) is 0 Å². The maximum Gasteiger partial charge on any atom is 0.271 e. The van der Waals surface area contributed by atoms with Crippen LogP contribution < -0.4 is 5.43 Å². The molecule has 3 aromatic carbocycles. The average Bonchev–Trinajstić information content (AvgIpc) is 3.57. The second-order valence-electron chi connectivity index (χ2n) is 8.14. The zero-order valence-electron chi connectivity index (χ0n) is 19.5. The van der Waals surface area contributed by atoms with Crippen LogP contribution in [0.3, 0.4) is 0 Å². The van der Waals surface area contributed by atoms with Gasteiger partial charge in [-0.05, 0) is 66.6 Å². The van der Waals surface area contributed by atoms with Crippen molar-refractivity contribution in [2.24, 2.45) is 5.10 Å². The van der Waals surface area contributed by atoms with Crippen molar-refractivity contribution in [3.8, 4) is 28.2 Å². The molecule has 0 spiro atoms. The molecule has 0 bridgehead atoms. The number of aromatic nitrogens is 2. The monoisotopic (exact) mass is 458 g/mol. The maximum absolute atomic E-state index is 12.7. The average molecular weight is 459 g/mol. The summed E-state index contributed by atoms with van der Waals surface area (Å²) >= 11 is 0. The molecule has 0 unspecified atom stereocenters. The van der Waals surface area contributed by atoms with Gasteiger partial charge in [0.25, 0.3) is 5.91 Å². The normalized spacial score (nSPS) is 11.1. The van der Waals surface area contributed by atoms with Crippen LogP contribution >= 0.6 is 0 Å². The molecule has 35 heavy (non-hydrogen) atoms. The number of nitrogens with zero attached hydrogens (tertiary/aromatic N) is 3. The number of hydrogen-bond acceptors (Lipinski definition) is 2. The summed E-state index contributed by atoms with van der Waals surface area (Å²) in [7, 11) is 0. The van der Waals surface area contributed by atoms with Crippen molar-refractivity contribution in [1.82, 2.24) is 14.6 Å². The first-order valence-electron chi connectivity index (χ1n) is 11.7. The molecule has 5 rings (SSSR count). The summed E-state index contributed by atoms with van der Waals surface area (Å²) in [5.41, 5.74) is 9.53. The van der Waals surface area contributed by atoms with Crippen molar-refractivity contribution >= 4 is 12.1 Å². The Morgan fingerprint density at radius 3 is 1.94 bits per heavy atom. The van der Waals surface area contributed by atoms with Crippen LogP contribution in [0.5, 0.6) is 0 Å². The number of aryl methyl sites for hydroxylation is 1. The highest BCUT2D eigenvalue weighted by molar-refractivity contribution is 5.95. The van der Waals surface area contributed by atoms with E-state index >= 15 is 0 Å². The van der Waals surface area contributed by atoms with Gasteiger partial charge < -0.3 is 9.13 Å². The number of carbonyl (C=O) groups excluding carboxylic acids is 1. The van der Waals surface area contributed by atoms with Crippen LogP contribution in [-0.2, 0) is 6.54 Å². The Kier molecular flexibility index (Phi) is 6.39. The second-order valence-corrected chi connectivity index (χ2v) is 8.14. The first kappa shape index (κ1) is 22.2. The third-order valence-electron chi connectivity index (χ3n) is 5.98. The largest absolute Gasteiger partial charge is 0.347 e. The molecule has 2 heterocycles. The first-order chi connectivity index (χ1) is 17.2. The third-order valence-corrected chi connectivity index (χ3v) is 5.98. The van der Waals surface area contributed by atoms with Crippen LogP contribution in [0.1, 0.15) is 23.0 Å². The standard InChI is InChI=1S/C30H26N4O/c1-2-33-21-9-14-27(33)22-31-32-30(35)25-15-17-26(18-16-25)34-28(23-10-5-3-6-11-23)19-20-29(34)24-12-7-4-8-13-24/h3-22H,2H2,1H3,(H,32,35)/b31-22-. The van der Waals surface area contributed by atoms with E-state index in [9.17, 15) is 4.79 Å². The number of amides is 1. The number of hydrogen-bond donors (Lipinski definition) is 1. The molecule has 5 aromatic rings. The molecule has 172 valence electrons. The fourth-order valence-corrected chi connectivity index (χ4v) is 4.20. The Bertz CT molecular complexity index is 1390. The van der Waals surface area contributed by atoms with Gasteiger partial charge in [-0.2, -0.15) is 5.10 Å². The Morgan fingerprint density at radius 2 is 1.37 bits per heavy atom. The van der Waals surface area contributed by atoms with Gasteiger partial charge in [-0.15, -0.1) is 0 Å². The minimum absolute atomic E-state index is 0.249. The molecule has 5 nitrogen and oxygen atoms in total. The predicted molar refractivity (Wildman–Crippen MR) is 142 cm³/mol. The summed E-state index contributed by atoms with van der Waals surface area (Å²) in [6.07, 6.45) is 3.64. The number of nitrogens with one attached hydrogen (secondary N) is 1. The molecule has 2 aromatic heterocycles. The molecule has 0 aliphatic carbocycles. The SMILES string of the molecule is CCn1cccc1/C=N\NC(=O)c1ccc(-n2c(-c3ccccc3)ccc2-c2ccccc2)cc1. The summed E-state index contributed by atoms with van der Waals surface area (Å²) in [6.45, 7) is 2.91. The van der Waals surface area contributed by atoms with Crippen LogP contribution in [-0.4, -0.2) is 21.3 Å². The molecule has 1 amide bonds. The highest BCUT2D eigenvalue weighted by atomic mass is 16.2. The zero-order chi connectivity index (χ0) is 24.0. The minimum atomic E-state index is -0.249. The van der Waals surface area contributed by atoms with Gasteiger partial charge in [-0.25, -0.2) is 5.43 Å². The smallest absolute Gasteiger partial charge is 0.271 e. The van der Waals surface area contributed by atoms with E-state index in [0.717, 1.165) is 40.4 Å². The van der Waals surface area contributed by atoms with Gasteiger partial charge in [0.05, 0.1) is 23.3 Å². The van der Waals surface area contributed by atoms with Crippen molar-refractivity contribution in [1.29, 1.82) is 0 Å². The summed E-state index contributed by atoms with van der Waals surface area (Å²) < 4.78 is 4.28. The lowest BCUT2D eigenvalue weighted by Crippen LogP contribution is -2.18. The summed E-state index contributed by atoms with van der Waals surface area (Å²) in [6, 6.07) is 36.4. The van der Waals surface area contributed by atoms with Crippen molar-refractivity contribution in [3.05, 3.63) is 127 Å². The van der Waals surface area contributed by atoms with E-state index in [-0.39, 0.29) is 5.91 Å². The van der Waals surface area contributed by atoms with Gasteiger partial charge in [-0.3, -0.25) is 4.79 Å². The minimum Gasteiger partial charge on any atom is -0.347 e. The fraction of sp³-hybridized carbons (Fsp3) is 0.0667. The zero-order valence-corrected chi connectivity index (χ0v) is 19.5. The molecule has 0 aliphatic rings. The lowest BCUT2D eigenvalue weighted by molar-refractivity contribution is 0.0955. The van der Waals surface area contributed by atoms with Crippen LogP contribution in [0.2, 0.25) is 0 Å². The number of carbonyl (C=O) groups is 1. The van der Waals surface area contributed by atoms with Crippen LogP contribution in [0.15, 0.2) is 120 Å². The van der Waals surface area contributed by atoms with Gasteiger partial charge >= 0.3 is 0 Å². The first-order valence-corrected chi connectivity index (χ1v) is 11.7. The van der Waals surface area contributed by atoms with Crippen molar-refractivity contribution in [3.63, 3.8) is 0 Å². The fourth-order valence-electron chi connectivity index (χ4n) is 4.20. The Labute approximate surface area is 205 Å². The quantitative estimate of drug-likeness (QED) is 0.223. The van der Waals surface area contributed by atoms with Gasteiger partial charge in [0.2, 0.25) is 0 Å². The maximum atomic E-state index is 12.7. The van der Waals surface area contributed by atoms with Gasteiger partial charge in [-0.1, -0.05) is 60.7 Å². The highest BCUT2D eigenvalue weighted by Crippen LogP contribution is 2.32. The molecule has 1 N–H and O–H groups in total. The predicted octanol–water partition coefficient (Wildman–Crippen LogP) is 6.40. The molecule has 5 heteroatoms. The van der Waals surface area contributed by atoms with E-state index in [4.69, 9.17) is 0 Å². The van der Waals surface area contributed by atoms with Gasteiger partial charge in [0, 0.05) is 24.0 Å². The summed E-state index contributed by atoms with van der Waals surface area (Å²) in [5.74, 6) is -0.249.